The molecule has 0 saturated carbocycles. The molecule has 3 aromatic rings. The lowest BCUT2D eigenvalue weighted by molar-refractivity contribution is 0.475. The topological polar surface area (TPSA) is 50.9 Å². The van der Waals surface area contributed by atoms with E-state index in [1.54, 1.807) is 16.9 Å². The first kappa shape index (κ1) is 13.0. The maximum Gasteiger partial charge on any atom is 0.135 e. The van der Waals surface area contributed by atoms with Crippen molar-refractivity contribution in [3.8, 4) is 22.7 Å². The Bertz CT molecular complexity index is 756. The first-order valence-corrected chi connectivity index (χ1v) is 6.57. The number of hydrogen-bond acceptors (Lipinski definition) is 3. The van der Waals surface area contributed by atoms with E-state index in [0.29, 0.717) is 16.3 Å². The van der Waals surface area contributed by atoms with E-state index in [1.807, 2.05) is 30.3 Å². The third kappa shape index (κ3) is 2.24. The lowest BCUT2D eigenvalue weighted by Crippen LogP contribution is -1.99. The van der Waals surface area contributed by atoms with Crippen molar-refractivity contribution in [3.63, 3.8) is 0 Å². The summed E-state index contributed by atoms with van der Waals surface area (Å²) < 4.78 is 1.66. The van der Waals surface area contributed by atoms with Crippen LogP contribution < -0.4 is 0 Å². The summed E-state index contributed by atoms with van der Waals surface area (Å²) in [5, 5.41) is 18.1. The Morgan fingerprint density at radius 3 is 2.50 bits per heavy atom. The van der Waals surface area contributed by atoms with Crippen LogP contribution in [-0.4, -0.2) is 20.1 Å². The van der Waals surface area contributed by atoms with Gasteiger partial charge in [-0.3, -0.25) is 0 Å². The Hall–Kier alpha value is -2.04. The number of hydrogen-bond donors (Lipinski definition) is 1. The number of phenolic OH excluding ortho intramolecular Hbond substituents is 1. The SMILES string of the molecule is Oc1cc(Cl)c(-c2cnnn2-c2ccccc2)cc1Cl. The van der Waals surface area contributed by atoms with Crippen molar-refractivity contribution in [1.29, 1.82) is 0 Å². The number of halogens is 2. The van der Waals surface area contributed by atoms with Crippen molar-refractivity contribution in [1.82, 2.24) is 15.0 Å². The van der Waals surface area contributed by atoms with Gasteiger partial charge in [-0.05, 0) is 18.2 Å². The second kappa shape index (κ2) is 5.15. The summed E-state index contributed by atoms with van der Waals surface area (Å²) in [6, 6.07) is 12.6. The molecule has 3 rings (SSSR count). The minimum Gasteiger partial charge on any atom is -0.506 e. The number of para-hydroxylation sites is 1. The molecule has 0 fully saturated rings. The normalized spacial score (nSPS) is 10.7. The van der Waals surface area contributed by atoms with Gasteiger partial charge in [0, 0.05) is 11.6 Å². The molecule has 0 unspecified atom stereocenters. The summed E-state index contributed by atoms with van der Waals surface area (Å²) >= 11 is 12.1. The molecule has 0 bridgehead atoms. The standard InChI is InChI=1S/C14H9Cl2N3O/c15-11-7-14(20)12(16)6-10(11)13-8-17-18-19(13)9-4-2-1-3-5-9/h1-8,20H. The molecule has 0 spiro atoms. The Morgan fingerprint density at radius 2 is 1.75 bits per heavy atom. The van der Waals surface area contributed by atoms with E-state index in [2.05, 4.69) is 10.3 Å². The fourth-order valence-corrected chi connectivity index (χ4v) is 2.33. The largest absolute Gasteiger partial charge is 0.506 e. The van der Waals surface area contributed by atoms with Crippen molar-refractivity contribution >= 4 is 23.2 Å². The number of phenols is 1. The van der Waals surface area contributed by atoms with Gasteiger partial charge in [0.2, 0.25) is 0 Å². The maximum absolute atomic E-state index is 9.55. The molecule has 4 nitrogen and oxygen atoms in total. The molecule has 0 aliphatic heterocycles. The second-order valence-corrected chi connectivity index (χ2v) is 4.96. The third-order valence-electron chi connectivity index (χ3n) is 2.86. The first-order valence-electron chi connectivity index (χ1n) is 5.81. The lowest BCUT2D eigenvalue weighted by Gasteiger charge is -2.09. The second-order valence-electron chi connectivity index (χ2n) is 4.15. The van der Waals surface area contributed by atoms with E-state index >= 15 is 0 Å². The van der Waals surface area contributed by atoms with Crippen LogP contribution in [0.15, 0.2) is 48.7 Å². The van der Waals surface area contributed by atoms with Crippen LogP contribution in [0.3, 0.4) is 0 Å². The highest BCUT2D eigenvalue weighted by Crippen LogP contribution is 2.36. The minimum atomic E-state index is -0.0563. The lowest BCUT2D eigenvalue weighted by atomic mass is 10.1. The molecular formula is C14H9Cl2N3O. The summed E-state index contributed by atoms with van der Waals surface area (Å²) in [5.41, 5.74) is 2.21. The Kier molecular flexibility index (Phi) is 3.34. The molecular weight excluding hydrogens is 297 g/mol. The summed E-state index contributed by atoms with van der Waals surface area (Å²) in [5.74, 6) is -0.0563. The molecule has 20 heavy (non-hydrogen) atoms. The molecule has 0 amide bonds. The van der Waals surface area contributed by atoms with Gasteiger partial charge in [0.05, 0.1) is 27.6 Å². The van der Waals surface area contributed by atoms with Crippen LogP contribution in [0.1, 0.15) is 0 Å². The third-order valence-corrected chi connectivity index (χ3v) is 3.48. The average Bonchev–Trinajstić information content (AvgIpc) is 2.93. The molecule has 0 atom stereocenters. The van der Waals surface area contributed by atoms with Crippen molar-refractivity contribution in [2.75, 3.05) is 0 Å². The fourth-order valence-electron chi connectivity index (χ4n) is 1.91. The van der Waals surface area contributed by atoms with Crippen molar-refractivity contribution in [2.45, 2.75) is 0 Å². The van der Waals surface area contributed by atoms with Crippen LogP contribution in [-0.2, 0) is 0 Å². The molecule has 0 radical (unpaired) electrons. The molecule has 1 aromatic heterocycles. The van der Waals surface area contributed by atoms with Crippen molar-refractivity contribution < 1.29 is 5.11 Å². The van der Waals surface area contributed by atoms with Crippen LogP contribution in [0.5, 0.6) is 5.75 Å². The van der Waals surface area contributed by atoms with Gasteiger partial charge in [-0.15, -0.1) is 5.10 Å². The Balaban J connectivity index is 2.18. The van der Waals surface area contributed by atoms with Gasteiger partial charge < -0.3 is 5.11 Å². The molecule has 2 aromatic carbocycles. The zero-order chi connectivity index (χ0) is 14.1. The van der Waals surface area contributed by atoms with E-state index in [9.17, 15) is 5.11 Å². The highest BCUT2D eigenvalue weighted by molar-refractivity contribution is 6.36. The fraction of sp³-hybridized carbons (Fsp3) is 0. The van der Waals surface area contributed by atoms with E-state index < -0.39 is 0 Å². The maximum atomic E-state index is 9.55. The number of rotatable bonds is 2. The smallest absolute Gasteiger partial charge is 0.135 e. The van der Waals surface area contributed by atoms with Crippen LogP contribution in [0.2, 0.25) is 10.0 Å². The van der Waals surface area contributed by atoms with E-state index in [4.69, 9.17) is 23.2 Å². The van der Waals surface area contributed by atoms with Crippen LogP contribution in [0.25, 0.3) is 16.9 Å². The minimum absolute atomic E-state index is 0.0563. The van der Waals surface area contributed by atoms with Gasteiger partial charge in [0.25, 0.3) is 0 Å². The molecule has 100 valence electrons. The average molecular weight is 306 g/mol. The number of aromatic hydroxyl groups is 1. The van der Waals surface area contributed by atoms with E-state index in [0.717, 1.165) is 5.69 Å². The summed E-state index contributed by atoms with van der Waals surface area (Å²) in [4.78, 5) is 0. The summed E-state index contributed by atoms with van der Waals surface area (Å²) in [6.45, 7) is 0. The number of nitrogens with zero attached hydrogens (tertiary/aromatic N) is 3. The van der Waals surface area contributed by atoms with Gasteiger partial charge in [-0.25, -0.2) is 4.68 Å². The number of aromatic nitrogens is 3. The van der Waals surface area contributed by atoms with Gasteiger partial charge in [0.15, 0.2) is 0 Å². The predicted molar refractivity (Wildman–Crippen MR) is 78.5 cm³/mol. The van der Waals surface area contributed by atoms with Gasteiger partial charge in [0.1, 0.15) is 5.75 Å². The Morgan fingerprint density at radius 1 is 1.00 bits per heavy atom. The van der Waals surface area contributed by atoms with Gasteiger partial charge in [-0.2, -0.15) is 0 Å². The van der Waals surface area contributed by atoms with E-state index in [-0.39, 0.29) is 10.8 Å². The van der Waals surface area contributed by atoms with Crippen LogP contribution in [0.4, 0.5) is 0 Å². The van der Waals surface area contributed by atoms with E-state index in [1.165, 1.54) is 6.07 Å². The molecule has 1 heterocycles. The van der Waals surface area contributed by atoms with Crippen LogP contribution >= 0.6 is 23.2 Å². The number of benzene rings is 2. The first-order chi connectivity index (χ1) is 9.66. The summed E-state index contributed by atoms with van der Waals surface area (Å²) in [6.07, 6.45) is 1.60. The molecule has 0 aliphatic rings. The van der Waals surface area contributed by atoms with Crippen molar-refractivity contribution in [2.24, 2.45) is 0 Å². The zero-order valence-corrected chi connectivity index (χ0v) is 11.7. The molecule has 0 aliphatic carbocycles. The zero-order valence-electron chi connectivity index (χ0n) is 10.2. The monoisotopic (exact) mass is 305 g/mol. The van der Waals surface area contributed by atoms with Gasteiger partial charge in [-0.1, -0.05) is 46.6 Å². The molecule has 1 N–H and O–H groups in total. The van der Waals surface area contributed by atoms with Crippen LogP contribution in [0, 0.1) is 0 Å². The molecule has 6 heteroatoms. The van der Waals surface area contributed by atoms with Gasteiger partial charge >= 0.3 is 0 Å². The van der Waals surface area contributed by atoms with Crippen molar-refractivity contribution in [3.05, 3.63) is 58.7 Å². The highest BCUT2D eigenvalue weighted by atomic mass is 35.5. The Labute approximate surface area is 125 Å². The quantitative estimate of drug-likeness (QED) is 0.780. The highest BCUT2D eigenvalue weighted by Gasteiger charge is 2.14. The molecule has 0 saturated heterocycles. The summed E-state index contributed by atoms with van der Waals surface area (Å²) in [7, 11) is 0. The predicted octanol–water partition coefficient (Wildman–Crippen LogP) is 3.95.